The zero-order valence-electron chi connectivity index (χ0n) is 11.0. The molecule has 1 heterocycles. The molecule has 0 amide bonds. The summed E-state index contributed by atoms with van der Waals surface area (Å²) in [6, 6.07) is 4.02. The molecule has 0 atom stereocenters. The highest BCUT2D eigenvalue weighted by molar-refractivity contribution is 5.90. The minimum Gasteiger partial charge on any atom is -0.465 e. The minimum absolute atomic E-state index is 0.235. The molecule has 0 bridgehead atoms. The number of carbonyl (C=O) groups is 1. The van der Waals surface area contributed by atoms with Crippen molar-refractivity contribution in [3.8, 4) is 0 Å². The number of benzene rings is 1. The van der Waals surface area contributed by atoms with E-state index in [0.29, 0.717) is 6.54 Å². The van der Waals surface area contributed by atoms with E-state index in [0.717, 1.165) is 5.56 Å². The van der Waals surface area contributed by atoms with Crippen molar-refractivity contribution in [2.75, 3.05) is 12.4 Å². The fourth-order valence-electron chi connectivity index (χ4n) is 1.67. The first-order valence-corrected chi connectivity index (χ1v) is 5.91. The van der Waals surface area contributed by atoms with Crippen LogP contribution in [0.1, 0.15) is 15.9 Å². The molecule has 20 heavy (non-hydrogen) atoms. The summed E-state index contributed by atoms with van der Waals surface area (Å²) in [7, 11) is 1.28. The molecule has 1 aromatic heterocycles. The van der Waals surface area contributed by atoms with Gasteiger partial charge >= 0.3 is 5.97 Å². The Morgan fingerprint density at radius 1 is 1.60 bits per heavy atom. The van der Waals surface area contributed by atoms with Crippen LogP contribution in [-0.2, 0) is 11.3 Å². The maximum absolute atomic E-state index is 13.7. The summed E-state index contributed by atoms with van der Waals surface area (Å²) in [5, 5.41) is 6.93. The Morgan fingerprint density at radius 3 is 3.05 bits per heavy atom. The Bertz CT molecular complexity index is 637. The van der Waals surface area contributed by atoms with Crippen LogP contribution in [0, 0.1) is 5.82 Å². The summed E-state index contributed by atoms with van der Waals surface area (Å²) in [6.07, 6.45) is 4.97. The summed E-state index contributed by atoms with van der Waals surface area (Å²) in [6.45, 7) is 3.97. The van der Waals surface area contributed by atoms with Crippen molar-refractivity contribution in [2.24, 2.45) is 0 Å². The first-order valence-electron chi connectivity index (χ1n) is 5.91. The highest BCUT2D eigenvalue weighted by Crippen LogP contribution is 2.17. The second-order valence-corrected chi connectivity index (χ2v) is 4.05. The molecule has 0 aliphatic heterocycles. The Hall–Kier alpha value is -2.63. The van der Waals surface area contributed by atoms with Gasteiger partial charge in [0.15, 0.2) is 0 Å². The third-order valence-electron chi connectivity index (χ3n) is 2.71. The average Bonchev–Trinajstić information content (AvgIpc) is 2.93. The molecule has 2 rings (SSSR count). The number of anilines is 1. The van der Waals surface area contributed by atoms with Gasteiger partial charge in [-0.15, -0.1) is 0 Å². The molecule has 0 saturated heterocycles. The molecule has 1 aromatic carbocycles. The van der Waals surface area contributed by atoms with Crippen molar-refractivity contribution in [3.63, 3.8) is 0 Å². The van der Waals surface area contributed by atoms with Gasteiger partial charge in [0.1, 0.15) is 5.82 Å². The summed E-state index contributed by atoms with van der Waals surface area (Å²) in [4.78, 5) is 11.4. The molecule has 0 aliphatic rings. The minimum atomic E-state index is -0.507. The molecular weight excluding hydrogens is 261 g/mol. The molecule has 0 saturated carbocycles. The van der Waals surface area contributed by atoms with Crippen LogP contribution in [0.2, 0.25) is 0 Å². The smallest absolute Gasteiger partial charge is 0.337 e. The molecular formula is C14H14FN3O2. The van der Waals surface area contributed by atoms with Crippen LogP contribution in [0.25, 0.3) is 6.20 Å². The largest absolute Gasteiger partial charge is 0.465 e. The number of hydrogen-bond donors (Lipinski definition) is 1. The van der Waals surface area contributed by atoms with E-state index in [9.17, 15) is 9.18 Å². The lowest BCUT2D eigenvalue weighted by Gasteiger charge is -2.08. The predicted octanol–water partition coefficient (Wildman–Crippen LogP) is 2.52. The number of halogens is 1. The molecule has 0 unspecified atom stereocenters. The van der Waals surface area contributed by atoms with Gasteiger partial charge in [0.25, 0.3) is 0 Å². The van der Waals surface area contributed by atoms with E-state index in [1.54, 1.807) is 23.3 Å². The fourth-order valence-corrected chi connectivity index (χ4v) is 1.67. The summed E-state index contributed by atoms with van der Waals surface area (Å²) in [5.41, 5.74) is 1.39. The van der Waals surface area contributed by atoms with Gasteiger partial charge in [0.05, 0.1) is 24.6 Å². The van der Waals surface area contributed by atoms with Crippen molar-refractivity contribution in [2.45, 2.75) is 6.54 Å². The molecule has 0 radical (unpaired) electrons. The van der Waals surface area contributed by atoms with E-state index in [1.807, 2.05) is 0 Å². The second kappa shape index (κ2) is 6.01. The van der Waals surface area contributed by atoms with Crippen molar-refractivity contribution < 1.29 is 13.9 Å². The molecule has 104 valence electrons. The van der Waals surface area contributed by atoms with E-state index >= 15 is 0 Å². The highest BCUT2D eigenvalue weighted by atomic mass is 19.1. The van der Waals surface area contributed by atoms with E-state index in [1.165, 1.54) is 25.3 Å². The van der Waals surface area contributed by atoms with Crippen molar-refractivity contribution >= 4 is 17.9 Å². The second-order valence-electron chi connectivity index (χ2n) is 4.05. The standard InChI is InChI=1S/C14H14FN3O2/c1-3-18-9-10(8-17-18)7-16-13-6-11(14(19)20-2)4-5-12(13)15/h3-6,8-9,16H,1,7H2,2H3. The first-order chi connectivity index (χ1) is 9.63. The first kappa shape index (κ1) is 13.8. The number of aromatic nitrogens is 2. The molecule has 5 nitrogen and oxygen atoms in total. The fraction of sp³-hybridized carbons (Fsp3) is 0.143. The summed E-state index contributed by atoms with van der Waals surface area (Å²) in [5.74, 6) is -0.943. The lowest BCUT2D eigenvalue weighted by atomic mass is 10.2. The molecule has 0 aliphatic carbocycles. The van der Waals surface area contributed by atoms with Crippen LogP contribution in [0.5, 0.6) is 0 Å². The van der Waals surface area contributed by atoms with Crippen LogP contribution >= 0.6 is 0 Å². The Morgan fingerprint density at radius 2 is 2.40 bits per heavy atom. The zero-order chi connectivity index (χ0) is 14.5. The number of rotatable bonds is 5. The molecule has 1 N–H and O–H groups in total. The number of ether oxygens (including phenoxy) is 1. The van der Waals surface area contributed by atoms with E-state index in [2.05, 4.69) is 21.7 Å². The lowest BCUT2D eigenvalue weighted by molar-refractivity contribution is 0.0600. The summed E-state index contributed by atoms with van der Waals surface area (Å²) >= 11 is 0. The third-order valence-corrected chi connectivity index (χ3v) is 2.71. The Kier molecular flexibility index (Phi) is 4.14. The third kappa shape index (κ3) is 3.03. The predicted molar refractivity (Wildman–Crippen MR) is 73.7 cm³/mol. The maximum atomic E-state index is 13.7. The van der Waals surface area contributed by atoms with E-state index in [-0.39, 0.29) is 11.3 Å². The van der Waals surface area contributed by atoms with Crippen LogP contribution in [0.4, 0.5) is 10.1 Å². The van der Waals surface area contributed by atoms with Crippen molar-refractivity contribution in [1.29, 1.82) is 0 Å². The molecule has 0 fully saturated rings. The molecule has 0 spiro atoms. The Labute approximate surface area is 115 Å². The van der Waals surface area contributed by atoms with Crippen LogP contribution < -0.4 is 5.32 Å². The highest BCUT2D eigenvalue weighted by Gasteiger charge is 2.09. The van der Waals surface area contributed by atoms with Crippen molar-refractivity contribution in [3.05, 3.63) is 54.1 Å². The van der Waals surface area contributed by atoms with E-state index < -0.39 is 11.8 Å². The van der Waals surface area contributed by atoms with Gasteiger partial charge in [-0.2, -0.15) is 5.10 Å². The van der Waals surface area contributed by atoms with Crippen LogP contribution in [-0.4, -0.2) is 22.9 Å². The summed E-state index contributed by atoms with van der Waals surface area (Å²) < 4.78 is 19.8. The number of carbonyl (C=O) groups excluding carboxylic acids is 1. The zero-order valence-corrected chi connectivity index (χ0v) is 11.0. The molecule has 6 heteroatoms. The van der Waals surface area contributed by atoms with Gasteiger partial charge in [-0.25, -0.2) is 13.9 Å². The number of esters is 1. The average molecular weight is 275 g/mol. The van der Waals surface area contributed by atoms with Gasteiger partial charge in [-0.1, -0.05) is 6.58 Å². The van der Waals surface area contributed by atoms with Gasteiger partial charge in [0, 0.05) is 24.5 Å². The maximum Gasteiger partial charge on any atom is 0.337 e. The Balaban J connectivity index is 2.12. The topological polar surface area (TPSA) is 56.2 Å². The molecule has 2 aromatic rings. The van der Waals surface area contributed by atoms with Crippen LogP contribution in [0.3, 0.4) is 0 Å². The van der Waals surface area contributed by atoms with Gasteiger partial charge in [-0.05, 0) is 18.2 Å². The number of hydrogen-bond acceptors (Lipinski definition) is 4. The lowest BCUT2D eigenvalue weighted by Crippen LogP contribution is -2.05. The normalized spacial score (nSPS) is 10.1. The number of nitrogens with one attached hydrogen (secondary N) is 1. The quantitative estimate of drug-likeness (QED) is 0.852. The number of nitrogens with zero attached hydrogens (tertiary/aromatic N) is 2. The van der Waals surface area contributed by atoms with Crippen LogP contribution in [0.15, 0.2) is 37.2 Å². The van der Waals surface area contributed by atoms with Gasteiger partial charge < -0.3 is 10.1 Å². The monoisotopic (exact) mass is 275 g/mol. The van der Waals surface area contributed by atoms with Gasteiger partial charge in [0.2, 0.25) is 0 Å². The number of methoxy groups -OCH3 is 1. The van der Waals surface area contributed by atoms with E-state index in [4.69, 9.17) is 0 Å². The van der Waals surface area contributed by atoms with Gasteiger partial charge in [-0.3, -0.25) is 0 Å². The SMILES string of the molecule is C=Cn1cc(CNc2cc(C(=O)OC)ccc2F)cn1. The van der Waals surface area contributed by atoms with Crippen molar-refractivity contribution in [1.82, 2.24) is 9.78 Å².